The fourth-order valence-electron chi connectivity index (χ4n) is 2.03. The SMILES string of the molecule is O=C(O)CCc1csc2nc(-c3cccc(Br)c3)cn12. The molecule has 0 fully saturated rings. The van der Waals surface area contributed by atoms with Gasteiger partial charge in [0.05, 0.1) is 12.1 Å². The van der Waals surface area contributed by atoms with Gasteiger partial charge in [0.15, 0.2) is 4.96 Å². The number of rotatable bonds is 4. The number of aryl methyl sites for hydroxylation is 1. The van der Waals surface area contributed by atoms with Crippen LogP contribution in [0.25, 0.3) is 16.2 Å². The molecule has 0 saturated heterocycles. The lowest BCUT2D eigenvalue weighted by Gasteiger charge is -1.97. The van der Waals surface area contributed by atoms with Gasteiger partial charge in [0.25, 0.3) is 0 Å². The first kappa shape index (κ1) is 13.3. The van der Waals surface area contributed by atoms with Gasteiger partial charge in [-0.3, -0.25) is 9.20 Å². The van der Waals surface area contributed by atoms with Crippen LogP contribution in [0.4, 0.5) is 0 Å². The predicted molar refractivity (Wildman–Crippen MR) is 82.2 cm³/mol. The maximum absolute atomic E-state index is 10.7. The summed E-state index contributed by atoms with van der Waals surface area (Å²) in [6.07, 6.45) is 2.62. The number of fused-ring (bicyclic) bond motifs is 1. The number of aliphatic carboxylic acids is 1. The van der Waals surface area contributed by atoms with Gasteiger partial charge in [-0.05, 0) is 18.6 Å². The van der Waals surface area contributed by atoms with Gasteiger partial charge in [0.1, 0.15) is 0 Å². The lowest BCUT2D eigenvalue weighted by atomic mass is 10.2. The molecule has 0 aliphatic heterocycles. The van der Waals surface area contributed by atoms with E-state index in [0.29, 0.717) is 6.42 Å². The Kier molecular flexibility index (Phi) is 3.58. The molecule has 1 aromatic carbocycles. The van der Waals surface area contributed by atoms with Gasteiger partial charge >= 0.3 is 5.97 Å². The van der Waals surface area contributed by atoms with E-state index < -0.39 is 5.97 Å². The van der Waals surface area contributed by atoms with Crippen LogP contribution in [0.2, 0.25) is 0 Å². The number of carboxylic acids is 1. The van der Waals surface area contributed by atoms with Crippen LogP contribution >= 0.6 is 27.3 Å². The largest absolute Gasteiger partial charge is 0.481 e. The van der Waals surface area contributed by atoms with E-state index in [0.717, 1.165) is 26.4 Å². The van der Waals surface area contributed by atoms with E-state index in [2.05, 4.69) is 20.9 Å². The quantitative estimate of drug-likeness (QED) is 0.777. The highest BCUT2D eigenvalue weighted by Crippen LogP contribution is 2.26. The zero-order valence-corrected chi connectivity index (χ0v) is 12.8. The first-order chi connectivity index (χ1) is 9.63. The molecule has 4 nitrogen and oxygen atoms in total. The van der Waals surface area contributed by atoms with E-state index in [9.17, 15) is 4.79 Å². The number of halogens is 1. The summed E-state index contributed by atoms with van der Waals surface area (Å²) in [7, 11) is 0. The first-order valence-corrected chi connectivity index (χ1v) is 7.74. The Morgan fingerprint density at radius 2 is 2.30 bits per heavy atom. The second-order valence-electron chi connectivity index (χ2n) is 4.41. The van der Waals surface area contributed by atoms with E-state index in [1.807, 2.05) is 40.2 Å². The summed E-state index contributed by atoms with van der Waals surface area (Å²) < 4.78 is 2.99. The van der Waals surface area contributed by atoms with Crippen molar-refractivity contribution in [2.45, 2.75) is 12.8 Å². The molecule has 6 heteroatoms. The summed E-state index contributed by atoms with van der Waals surface area (Å²) in [6.45, 7) is 0. The second kappa shape index (κ2) is 5.38. The number of hydrogen-bond donors (Lipinski definition) is 1. The number of carboxylic acid groups (broad SMARTS) is 1. The Morgan fingerprint density at radius 3 is 3.05 bits per heavy atom. The molecule has 3 aromatic rings. The smallest absolute Gasteiger partial charge is 0.303 e. The molecule has 1 N–H and O–H groups in total. The van der Waals surface area contributed by atoms with Crippen LogP contribution in [0, 0.1) is 0 Å². The Morgan fingerprint density at radius 1 is 1.45 bits per heavy atom. The molecule has 0 radical (unpaired) electrons. The molecule has 0 aliphatic rings. The normalized spacial score (nSPS) is 11.1. The average molecular weight is 351 g/mol. The summed E-state index contributed by atoms with van der Waals surface area (Å²) in [5.41, 5.74) is 2.93. The van der Waals surface area contributed by atoms with Gasteiger partial charge < -0.3 is 5.11 Å². The van der Waals surface area contributed by atoms with Crippen molar-refractivity contribution in [1.29, 1.82) is 0 Å². The number of carbonyl (C=O) groups is 1. The molecule has 0 atom stereocenters. The van der Waals surface area contributed by atoms with Crippen LogP contribution in [0.1, 0.15) is 12.1 Å². The molecule has 2 aromatic heterocycles. The average Bonchev–Trinajstić information content (AvgIpc) is 2.96. The number of hydrogen-bond acceptors (Lipinski definition) is 3. The monoisotopic (exact) mass is 350 g/mol. The van der Waals surface area contributed by atoms with Crippen molar-refractivity contribution in [2.75, 3.05) is 0 Å². The van der Waals surface area contributed by atoms with Crippen LogP contribution < -0.4 is 0 Å². The molecular formula is C14H11BrN2O2S. The molecule has 0 bridgehead atoms. The van der Waals surface area contributed by atoms with Crippen LogP contribution in [-0.4, -0.2) is 20.5 Å². The number of aromatic nitrogens is 2. The van der Waals surface area contributed by atoms with Crippen molar-refractivity contribution < 1.29 is 9.90 Å². The number of nitrogens with zero attached hydrogens (tertiary/aromatic N) is 2. The first-order valence-electron chi connectivity index (χ1n) is 6.06. The van der Waals surface area contributed by atoms with E-state index in [4.69, 9.17) is 5.11 Å². The van der Waals surface area contributed by atoms with Crippen molar-refractivity contribution in [3.8, 4) is 11.3 Å². The fourth-order valence-corrected chi connectivity index (χ4v) is 3.34. The van der Waals surface area contributed by atoms with Crippen molar-refractivity contribution >= 4 is 38.2 Å². The van der Waals surface area contributed by atoms with Gasteiger partial charge in [0.2, 0.25) is 0 Å². The van der Waals surface area contributed by atoms with E-state index in [1.165, 1.54) is 11.3 Å². The molecule has 0 aliphatic carbocycles. The third kappa shape index (κ3) is 2.62. The van der Waals surface area contributed by atoms with Gasteiger partial charge in [0, 0.05) is 27.3 Å². The third-order valence-corrected chi connectivity index (χ3v) is 4.38. The second-order valence-corrected chi connectivity index (χ2v) is 6.16. The molecule has 0 amide bonds. The minimum Gasteiger partial charge on any atom is -0.481 e. The van der Waals surface area contributed by atoms with Gasteiger partial charge in [-0.1, -0.05) is 28.1 Å². The summed E-state index contributed by atoms with van der Waals surface area (Å²) in [5, 5.41) is 10.7. The lowest BCUT2D eigenvalue weighted by Crippen LogP contribution is -1.99. The molecule has 2 heterocycles. The molecule has 0 saturated carbocycles. The summed E-state index contributed by atoms with van der Waals surface area (Å²) in [4.78, 5) is 16.1. The Balaban J connectivity index is 1.97. The molecule has 102 valence electrons. The highest BCUT2D eigenvalue weighted by atomic mass is 79.9. The van der Waals surface area contributed by atoms with Crippen LogP contribution in [0.5, 0.6) is 0 Å². The number of thiazole rings is 1. The van der Waals surface area contributed by atoms with E-state index in [1.54, 1.807) is 0 Å². The van der Waals surface area contributed by atoms with Crippen molar-refractivity contribution in [3.05, 3.63) is 46.0 Å². The third-order valence-electron chi connectivity index (χ3n) is 3.00. The summed E-state index contributed by atoms with van der Waals surface area (Å²) >= 11 is 4.98. The molecule has 3 rings (SSSR count). The van der Waals surface area contributed by atoms with E-state index >= 15 is 0 Å². The number of imidazole rings is 1. The highest BCUT2D eigenvalue weighted by molar-refractivity contribution is 9.10. The molecular weight excluding hydrogens is 340 g/mol. The Bertz CT molecular complexity index is 778. The Hall–Kier alpha value is -1.66. The predicted octanol–water partition coefficient (Wildman–Crippen LogP) is 3.84. The van der Waals surface area contributed by atoms with Crippen molar-refractivity contribution in [2.24, 2.45) is 0 Å². The Labute approximate surface area is 127 Å². The molecule has 0 spiro atoms. The molecule has 0 unspecified atom stereocenters. The van der Waals surface area contributed by atoms with Crippen molar-refractivity contribution in [1.82, 2.24) is 9.38 Å². The maximum Gasteiger partial charge on any atom is 0.303 e. The highest BCUT2D eigenvalue weighted by Gasteiger charge is 2.10. The van der Waals surface area contributed by atoms with Crippen LogP contribution in [-0.2, 0) is 11.2 Å². The summed E-state index contributed by atoms with van der Waals surface area (Å²) in [5.74, 6) is -0.781. The zero-order chi connectivity index (χ0) is 14.1. The summed E-state index contributed by atoms with van der Waals surface area (Å²) in [6, 6.07) is 7.97. The standard InChI is InChI=1S/C14H11BrN2O2S/c15-10-3-1-2-9(6-10)12-7-17-11(4-5-13(18)19)8-20-14(17)16-12/h1-3,6-8H,4-5H2,(H,18,19). The van der Waals surface area contributed by atoms with E-state index in [-0.39, 0.29) is 6.42 Å². The lowest BCUT2D eigenvalue weighted by molar-refractivity contribution is -0.136. The zero-order valence-electron chi connectivity index (χ0n) is 10.4. The fraction of sp³-hybridized carbons (Fsp3) is 0.143. The van der Waals surface area contributed by atoms with Crippen LogP contribution in [0.3, 0.4) is 0 Å². The minimum atomic E-state index is -0.781. The number of benzene rings is 1. The van der Waals surface area contributed by atoms with Gasteiger partial charge in [-0.15, -0.1) is 11.3 Å². The molecule has 20 heavy (non-hydrogen) atoms. The maximum atomic E-state index is 10.7. The topological polar surface area (TPSA) is 54.6 Å². The van der Waals surface area contributed by atoms with Crippen LogP contribution in [0.15, 0.2) is 40.3 Å². The van der Waals surface area contributed by atoms with Gasteiger partial charge in [-0.2, -0.15) is 0 Å². The van der Waals surface area contributed by atoms with Crippen molar-refractivity contribution in [3.63, 3.8) is 0 Å². The van der Waals surface area contributed by atoms with Gasteiger partial charge in [-0.25, -0.2) is 4.98 Å². The minimum absolute atomic E-state index is 0.135.